The zero-order valence-electron chi connectivity index (χ0n) is 9.69. The van der Waals surface area contributed by atoms with Crippen LogP contribution in [0.1, 0.15) is 47.0 Å². The van der Waals surface area contributed by atoms with Crippen molar-refractivity contribution >= 4 is 0 Å². The largest absolute Gasteiger partial charge is 0.317 e. The average molecular weight is 183 g/mol. The van der Waals surface area contributed by atoms with Crippen LogP contribution in [0, 0.1) is 17.3 Å². The van der Waals surface area contributed by atoms with E-state index >= 15 is 0 Å². The van der Waals surface area contributed by atoms with Crippen LogP contribution in [0.15, 0.2) is 0 Å². The monoisotopic (exact) mass is 183 g/mol. The van der Waals surface area contributed by atoms with Crippen LogP contribution in [0.5, 0.6) is 0 Å². The van der Waals surface area contributed by atoms with Gasteiger partial charge in [-0.25, -0.2) is 0 Å². The van der Waals surface area contributed by atoms with Gasteiger partial charge in [-0.2, -0.15) is 0 Å². The highest BCUT2D eigenvalue weighted by Gasteiger charge is 2.24. The van der Waals surface area contributed by atoms with Crippen molar-refractivity contribution in [1.29, 1.82) is 0 Å². The molecule has 1 atom stereocenters. The maximum absolute atomic E-state index is 3.43. The molecule has 1 aliphatic heterocycles. The van der Waals surface area contributed by atoms with Crippen molar-refractivity contribution in [2.75, 3.05) is 13.1 Å². The fourth-order valence-corrected chi connectivity index (χ4v) is 1.97. The molecule has 1 N–H and O–H groups in total. The Labute approximate surface area is 83.3 Å². The van der Waals surface area contributed by atoms with Crippen LogP contribution in [-0.4, -0.2) is 13.1 Å². The van der Waals surface area contributed by atoms with E-state index in [4.69, 9.17) is 0 Å². The van der Waals surface area contributed by atoms with Crippen molar-refractivity contribution in [1.82, 2.24) is 5.32 Å². The van der Waals surface area contributed by atoms with Crippen molar-refractivity contribution in [2.24, 2.45) is 17.3 Å². The third-order valence-electron chi connectivity index (χ3n) is 3.62. The number of hydrogen-bond acceptors (Lipinski definition) is 1. The van der Waals surface area contributed by atoms with Crippen molar-refractivity contribution < 1.29 is 0 Å². The highest BCUT2D eigenvalue weighted by molar-refractivity contribution is 4.76. The highest BCUT2D eigenvalue weighted by Crippen LogP contribution is 2.33. The molecule has 1 aliphatic rings. The lowest BCUT2D eigenvalue weighted by molar-refractivity contribution is 0.195. The lowest BCUT2D eigenvalue weighted by atomic mass is 9.75. The van der Waals surface area contributed by atoms with Crippen LogP contribution in [0.3, 0.4) is 0 Å². The minimum atomic E-state index is 0.491. The fourth-order valence-electron chi connectivity index (χ4n) is 1.97. The molecule has 0 bridgehead atoms. The molecular formula is C12H25N. The molecule has 0 radical (unpaired) electrons. The molecule has 13 heavy (non-hydrogen) atoms. The van der Waals surface area contributed by atoms with E-state index in [2.05, 4.69) is 33.0 Å². The molecule has 78 valence electrons. The summed E-state index contributed by atoms with van der Waals surface area (Å²) in [5, 5.41) is 3.43. The maximum Gasteiger partial charge on any atom is -0.00463 e. The Bertz CT molecular complexity index is 140. The summed E-state index contributed by atoms with van der Waals surface area (Å²) in [5.74, 6) is 1.84. The first kappa shape index (κ1) is 11.0. The van der Waals surface area contributed by atoms with Crippen molar-refractivity contribution in [2.45, 2.75) is 47.0 Å². The van der Waals surface area contributed by atoms with Gasteiger partial charge in [-0.1, -0.05) is 27.7 Å². The summed E-state index contributed by atoms with van der Waals surface area (Å²) in [6.07, 6.45) is 4.20. The predicted octanol–water partition coefficient (Wildman–Crippen LogP) is 3.06. The molecule has 1 heteroatoms. The highest BCUT2D eigenvalue weighted by atomic mass is 14.9. The van der Waals surface area contributed by atoms with E-state index in [1.54, 1.807) is 0 Å². The maximum atomic E-state index is 3.43. The van der Waals surface area contributed by atoms with E-state index in [1.807, 2.05) is 0 Å². The molecule has 1 rings (SSSR count). The zero-order chi connectivity index (χ0) is 9.90. The summed E-state index contributed by atoms with van der Waals surface area (Å²) in [4.78, 5) is 0. The SMILES string of the molecule is CC(CC1CCNCC1)C(C)(C)C. The Morgan fingerprint density at radius 2 is 1.77 bits per heavy atom. The molecule has 0 aliphatic carbocycles. The van der Waals surface area contributed by atoms with Gasteiger partial charge in [-0.15, -0.1) is 0 Å². The number of hydrogen-bond donors (Lipinski definition) is 1. The van der Waals surface area contributed by atoms with Gasteiger partial charge in [0.2, 0.25) is 0 Å². The van der Waals surface area contributed by atoms with Crippen molar-refractivity contribution in [3.05, 3.63) is 0 Å². The van der Waals surface area contributed by atoms with Gasteiger partial charge in [0.25, 0.3) is 0 Å². The van der Waals surface area contributed by atoms with Crippen molar-refractivity contribution in [3.63, 3.8) is 0 Å². The second-order valence-corrected chi connectivity index (χ2v) is 5.70. The van der Waals surface area contributed by atoms with Crippen LogP contribution in [0.4, 0.5) is 0 Å². The molecule has 0 saturated carbocycles. The number of nitrogens with one attached hydrogen (secondary N) is 1. The lowest BCUT2D eigenvalue weighted by Crippen LogP contribution is -2.30. The van der Waals surface area contributed by atoms with Gasteiger partial charge < -0.3 is 5.32 Å². The smallest absolute Gasteiger partial charge is 0.00463 e. The Morgan fingerprint density at radius 1 is 1.23 bits per heavy atom. The summed E-state index contributed by atoms with van der Waals surface area (Å²) >= 11 is 0. The van der Waals surface area contributed by atoms with Crippen LogP contribution in [-0.2, 0) is 0 Å². The Hall–Kier alpha value is -0.0400. The van der Waals surface area contributed by atoms with Gasteiger partial charge in [-0.3, -0.25) is 0 Å². The van der Waals surface area contributed by atoms with Crippen molar-refractivity contribution in [3.8, 4) is 0 Å². The minimum absolute atomic E-state index is 0.491. The summed E-state index contributed by atoms with van der Waals surface area (Å²) < 4.78 is 0. The fraction of sp³-hybridized carbons (Fsp3) is 1.00. The molecule has 0 aromatic carbocycles. The molecule has 0 amide bonds. The standard InChI is InChI=1S/C12H25N/c1-10(12(2,3)4)9-11-5-7-13-8-6-11/h10-11,13H,5-9H2,1-4H3. The second kappa shape index (κ2) is 4.45. The molecule has 1 heterocycles. The van der Waals surface area contributed by atoms with Crippen LogP contribution < -0.4 is 5.32 Å². The third-order valence-corrected chi connectivity index (χ3v) is 3.62. The normalized spacial score (nSPS) is 23.1. The minimum Gasteiger partial charge on any atom is -0.317 e. The second-order valence-electron chi connectivity index (χ2n) is 5.70. The van der Waals surface area contributed by atoms with Gasteiger partial charge in [0.1, 0.15) is 0 Å². The Morgan fingerprint density at radius 3 is 2.23 bits per heavy atom. The quantitative estimate of drug-likeness (QED) is 0.694. The molecular weight excluding hydrogens is 158 g/mol. The van der Waals surface area contributed by atoms with Gasteiger partial charge in [-0.05, 0) is 49.6 Å². The Kier molecular flexibility index (Phi) is 3.78. The summed E-state index contributed by atoms with van der Waals surface area (Å²) in [7, 11) is 0. The first-order valence-corrected chi connectivity index (χ1v) is 5.71. The predicted molar refractivity (Wildman–Crippen MR) is 58.8 cm³/mol. The molecule has 1 nitrogen and oxygen atoms in total. The number of rotatable bonds is 2. The van der Waals surface area contributed by atoms with Gasteiger partial charge in [0, 0.05) is 0 Å². The lowest BCUT2D eigenvalue weighted by Gasteiger charge is -2.32. The van der Waals surface area contributed by atoms with E-state index in [0.717, 1.165) is 11.8 Å². The summed E-state index contributed by atoms with van der Waals surface area (Å²) in [6, 6.07) is 0. The first-order valence-electron chi connectivity index (χ1n) is 5.71. The summed E-state index contributed by atoms with van der Waals surface area (Å²) in [6.45, 7) is 12.0. The first-order chi connectivity index (χ1) is 6.00. The average Bonchev–Trinajstić information content (AvgIpc) is 2.04. The van der Waals surface area contributed by atoms with Crippen LogP contribution >= 0.6 is 0 Å². The molecule has 1 fully saturated rings. The topological polar surface area (TPSA) is 12.0 Å². The number of piperidine rings is 1. The third kappa shape index (κ3) is 3.68. The van der Waals surface area contributed by atoms with E-state index in [1.165, 1.54) is 32.4 Å². The van der Waals surface area contributed by atoms with E-state index < -0.39 is 0 Å². The summed E-state index contributed by atoms with van der Waals surface area (Å²) in [5.41, 5.74) is 0.491. The van der Waals surface area contributed by atoms with E-state index in [-0.39, 0.29) is 0 Å². The van der Waals surface area contributed by atoms with Gasteiger partial charge in [0.05, 0.1) is 0 Å². The van der Waals surface area contributed by atoms with E-state index in [0.29, 0.717) is 5.41 Å². The van der Waals surface area contributed by atoms with Crippen LogP contribution in [0.2, 0.25) is 0 Å². The van der Waals surface area contributed by atoms with E-state index in [9.17, 15) is 0 Å². The van der Waals surface area contributed by atoms with Crippen LogP contribution in [0.25, 0.3) is 0 Å². The Balaban J connectivity index is 2.30. The molecule has 0 aromatic rings. The van der Waals surface area contributed by atoms with Gasteiger partial charge in [0.15, 0.2) is 0 Å². The zero-order valence-corrected chi connectivity index (χ0v) is 9.69. The molecule has 0 aromatic heterocycles. The molecule has 1 saturated heterocycles. The molecule has 0 spiro atoms. The molecule has 1 unspecified atom stereocenters. The van der Waals surface area contributed by atoms with Gasteiger partial charge >= 0.3 is 0 Å².